The molecule has 82 valence electrons. The second kappa shape index (κ2) is 7.83. The van der Waals surface area contributed by atoms with Gasteiger partial charge in [0.2, 0.25) is 0 Å². The van der Waals surface area contributed by atoms with Crippen molar-refractivity contribution < 1.29 is 9.53 Å². The molecule has 0 aromatic carbocycles. The summed E-state index contributed by atoms with van der Waals surface area (Å²) < 4.78 is 4.82. The van der Waals surface area contributed by atoms with Crippen LogP contribution in [0.1, 0.15) is 20.3 Å². The van der Waals surface area contributed by atoms with Crippen LogP contribution in [0.15, 0.2) is 11.1 Å². The van der Waals surface area contributed by atoms with E-state index in [-0.39, 0.29) is 5.97 Å². The number of likely N-dealkylation sites (N-methyl/N-ethyl adjacent to an activating group) is 1. The van der Waals surface area contributed by atoms with Crippen molar-refractivity contribution in [2.24, 2.45) is 0 Å². The molecule has 0 aliphatic carbocycles. The van der Waals surface area contributed by atoms with Crippen molar-refractivity contribution in [2.75, 3.05) is 26.7 Å². The van der Waals surface area contributed by atoms with E-state index in [1.807, 2.05) is 25.8 Å². The molecule has 0 saturated carbocycles. The molecule has 0 heterocycles. The molecule has 14 heavy (non-hydrogen) atoms. The van der Waals surface area contributed by atoms with Gasteiger partial charge in [-0.2, -0.15) is 0 Å². The summed E-state index contributed by atoms with van der Waals surface area (Å²) in [5.41, 5.74) is 2.64. The van der Waals surface area contributed by atoms with Crippen LogP contribution in [-0.4, -0.2) is 37.6 Å². The van der Waals surface area contributed by atoms with E-state index in [0.29, 0.717) is 19.6 Å². The van der Waals surface area contributed by atoms with E-state index < -0.39 is 0 Å². The molecule has 0 saturated heterocycles. The summed E-state index contributed by atoms with van der Waals surface area (Å²) in [5, 5.41) is 0. The van der Waals surface area contributed by atoms with Crippen molar-refractivity contribution in [1.82, 2.24) is 4.90 Å². The standard InChI is InChI=1S/C10H18ClNO2/c1-4-14-10(13)5-6-12(3)8-9(2)7-11/h7H,4-6,8H2,1-3H3. The lowest BCUT2D eigenvalue weighted by atomic mass is 10.3. The van der Waals surface area contributed by atoms with E-state index in [1.54, 1.807) is 5.54 Å². The molecule has 0 N–H and O–H groups in total. The van der Waals surface area contributed by atoms with Crippen LogP contribution >= 0.6 is 11.6 Å². The smallest absolute Gasteiger partial charge is 0.307 e. The lowest BCUT2D eigenvalue weighted by Gasteiger charge is -2.15. The van der Waals surface area contributed by atoms with E-state index in [2.05, 4.69) is 0 Å². The molecule has 0 aromatic heterocycles. The van der Waals surface area contributed by atoms with Gasteiger partial charge in [-0.25, -0.2) is 0 Å². The highest BCUT2D eigenvalue weighted by Crippen LogP contribution is 1.99. The summed E-state index contributed by atoms with van der Waals surface area (Å²) in [5.74, 6) is -0.146. The monoisotopic (exact) mass is 219 g/mol. The van der Waals surface area contributed by atoms with Gasteiger partial charge in [-0.1, -0.05) is 11.6 Å². The average molecular weight is 220 g/mol. The first-order valence-corrected chi connectivity index (χ1v) is 5.13. The predicted octanol–water partition coefficient (Wildman–Crippen LogP) is 2.01. The zero-order valence-corrected chi connectivity index (χ0v) is 9.80. The van der Waals surface area contributed by atoms with Gasteiger partial charge in [0.1, 0.15) is 0 Å². The average Bonchev–Trinajstić information content (AvgIpc) is 2.15. The molecular weight excluding hydrogens is 202 g/mol. The van der Waals surface area contributed by atoms with Gasteiger partial charge >= 0.3 is 5.97 Å². The molecule has 0 aliphatic heterocycles. The van der Waals surface area contributed by atoms with Crippen molar-refractivity contribution in [2.45, 2.75) is 20.3 Å². The summed E-state index contributed by atoms with van der Waals surface area (Å²) in [6, 6.07) is 0. The normalized spacial score (nSPS) is 11.9. The number of hydrogen-bond donors (Lipinski definition) is 0. The number of esters is 1. The number of carbonyl (C=O) groups is 1. The summed E-state index contributed by atoms with van der Waals surface area (Å²) in [6.45, 7) is 5.68. The first-order chi connectivity index (χ1) is 6.60. The maximum absolute atomic E-state index is 11.0. The third-order valence-corrected chi connectivity index (χ3v) is 2.08. The van der Waals surface area contributed by atoms with Crippen molar-refractivity contribution in [3.63, 3.8) is 0 Å². The summed E-state index contributed by atoms with van der Waals surface area (Å²) >= 11 is 5.53. The van der Waals surface area contributed by atoms with Crippen molar-refractivity contribution in [3.8, 4) is 0 Å². The first-order valence-electron chi connectivity index (χ1n) is 4.70. The van der Waals surface area contributed by atoms with Crippen LogP contribution in [0.4, 0.5) is 0 Å². The number of rotatable bonds is 6. The van der Waals surface area contributed by atoms with Crippen molar-refractivity contribution >= 4 is 17.6 Å². The SMILES string of the molecule is CCOC(=O)CCN(C)CC(C)=CCl. The third kappa shape index (κ3) is 6.92. The Hall–Kier alpha value is -0.540. The number of hydrogen-bond acceptors (Lipinski definition) is 3. The molecule has 0 atom stereocenters. The largest absolute Gasteiger partial charge is 0.466 e. The van der Waals surface area contributed by atoms with Gasteiger partial charge in [0.15, 0.2) is 0 Å². The van der Waals surface area contributed by atoms with Crippen LogP contribution in [0.3, 0.4) is 0 Å². The van der Waals surface area contributed by atoms with E-state index in [0.717, 1.165) is 12.1 Å². The van der Waals surface area contributed by atoms with E-state index in [9.17, 15) is 4.79 Å². The van der Waals surface area contributed by atoms with Crippen molar-refractivity contribution in [1.29, 1.82) is 0 Å². The molecule has 4 heteroatoms. The molecule has 0 unspecified atom stereocenters. The lowest BCUT2D eigenvalue weighted by Crippen LogP contribution is -2.24. The zero-order valence-electron chi connectivity index (χ0n) is 9.05. The highest BCUT2D eigenvalue weighted by molar-refractivity contribution is 6.25. The topological polar surface area (TPSA) is 29.5 Å². The van der Waals surface area contributed by atoms with Crippen LogP contribution < -0.4 is 0 Å². The van der Waals surface area contributed by atoms with Gasteiger partial charge < -0.3 is 9.64 Å². The molecule has 0 amide bonds. The van der Waals surface area contributed by atoms with Gasteiger partial charge in [0.25, 0.3) is 0 Å². The molecular formula is C10H18ClNO2. The number of nitrogens with zero attached hydrogens (tertiary/aromatic N) is 1. The van der Waals surface area contributed by atoms with E-state index in [1.165, 1.54) is 0 Å². The molecule has 0 aliphatic rings. The lowest BCUT2D eigenvalue weighted by molar-refractivity contribution is -0.143. The maximum atomic E-state index is 11.0. The third-order valence-electron chi connectivity index (χ3n) is 1.71. The van der Waals surface area contributed by atoms with Crippen LogP contribution in [0, 0.1) is 0 Å². The molecule has 0 spiro atoms. The van der Waals surface area contributed by atoms with E-state index in [4.69, 9.17) is 16.3 Å². The Balaban J connectivity index is 3.63. The molecule has 0 fully saturated rings. The fraction of sp³-hybridized carbons (Fsp3) is 0.700. The Morgan fingerprint density at radius 2 is 2.21 bits per heavy atom. The van der Waals surface area contributed by atoms with Crippen LogP contribution in [0.5, 0.6) is 0 Å². The van der Waals surface area contributed by atoms with Crippen LogP contribution in [0.2, 0.25) is 0 Å². The second-order valence-corrected chi connectivity index (χ2v) is 3.47. The Bertz CT molecular complexity index is 204. The second-order valence-electron chi connectivity index (χ2n) is 3.25. The Kier molecular flexibility index (Phi) is 7.52. The fourth-order valence-corrected chi connectivity index (χ4v) is 1.12. The summed E-state index contributed by atoms with van der Waals surface area (Å²) in [4.78, 5) is 13.0. The van der Waals surface area contributed by atoms with Gasteiger partial charge in [0, 0.05) is 18.6 Å². The Labute approximate surface area is 90.7 Å². The fourth-order valence-electron chi connectivity index (χ4n) is 1.05. The molecule has 0 aromatic rings. The maximum Gasteiger partial charge on any atom is 0.307 e. The molecule has 0 bridgehead atoms. The zero-order chi connectivity index (χ0) is 11.0. The van der Waals surface area contributed by atoms with Gasteiger partial charge in [-0.15, -0.1) is 0 Å². The van der Waals surface area contributed by atoms with Gasteiger partial charge in [-0.05, 0) is 26.5 Å². The highest BCUT2D eigenvalue weighted by Gasteiger charge is 2.04. The minimum Gasteiger partial charge on any atom is -0.466 e. The first kappa shape index (κ1) is 13.5. The number of halogens is 1. The highest BCUT2D eigenvalue weighted by atomic mass is 35.5. The number of ether oxygens (including phenoxy) is 1. The van der Waals surface area contributed by atoms with Crippen LogP contribution in [-0.2, 0) is 9.53 Å². The molecule has 0 rings (SSSR count). The quantitative estimate of drug-likeness (QED) is 0.641. The summed E-state index contributed by atoms with van der Waals surface area (Å²) in [6.07, 6.45) is 0.430. The Morgan fingerprint density at radius 1 is 1.57 bits per heavy atom. The summed E-state index contributed by atoms with van der Waals surface area (Å²) in [7, 11) is 1.95. The predicted molar refractivity (Wildman–Crippen MR) is 58.4 cm³/mol. The minimum atomic E-state index is -0.146. The van der Waals surface area contributed by atoms with Crippen molar-refractivity contribution in [3.05, 3.63) is 11.1 Å². The molecule has 3 nitrogen and oxygen atoms in total. The molecule has 0 radical (unpaired) electrons. The van der Waals surface area contributed by atoms with Gasteiger partial charge in [-0.3, -0.25) is 4.79 Å². The van der Waals surface area contributed by atoms with Gasteiger partial charge in [0.05, 0.1) is 13.0 Å². The number of carbonyl (C=O) groups excluding carboxylic acids is 1. The Morgan fingerprint density at radius 3 is 2.71 bits per heavy atom. The van der Waals surface area contributed by atoms with E-state index >= 15 is 0 Å². The minimum absolute atomic E-state index is 0.146. The van der Waals surface area contributed by atoms with Crippen LogP contribution in [0.25, 0.3) is 0 Å².